The summed E-state index contributed by atoms with van der Waals surface area (Å²) in [6.07, 6.45) is 12.7. The molecule has 3 heteroatoms. The minimum atomic E-state index is 0.627. The van der Waals surface area contributed by atoms with Gasteiger partial charge in [-0.15, -0.1) is 0 Å². The summed E-state index contributed by atoms with van der Waals surface area (Å²) in [6.45, 7) is 0. The summed E-state index contributed by atoms with van der Waals surface area (Å²) in [4.78, 5) is 4.37. The average Bonchev–Trinajstić information content (AvgIpc) is 3.52. The van der Waals surface area contributed by atoms with E-state index in [-0.39, 0.29) is 0 Å². The Bertz CT molecular complexity index is 674. The van der Waals surface area contributed by atoms with Crippen molar-refractivity contribution in [1.29, 1.82) is 0 Å². The van der Waals surface area contributed by atoms with Crippen molar-refractivity contribution in [2.75, 3.05) is 0 Å². The molecule has 0 aliphatic heterocycles. The fraction of sp³-hybridized carbons (Fsp3) is 0.550. The van der Waals surface area contributed by atoms with Crippen molar-refractivity contribution in [3.05, 3.63) is 42.0 Å². The maximum Gasteiger partial charge on any atom is 0.181 e. The maximum absolute atomic E-state index is 5.20. The highest BCUT2D eigenvalue weighted by Crippen LogP contribution is 2.45. The Hall–Kier alpha value is -1.61. The molecule has 0 saturated heterocycles. The number of hydrogen-bond acceptors (Lipinski definition) is 3. The number of oxazole rings is 1. The van der Waals surface area contributed by atoms with Crippen molar-refractivity contribution in [1.82, 2.24) is 10.3 Å². The van der Waals surface area contributed by atoms with Crippen LogP contribution in [-0.4, -0.2) is 17.1 Å². The Labute approximate surface area is 137 Å². The molecule has 2 saturated carbocycles. The molecule has 2 fully saturated rings. The SMILES string of the molecule is c1cc2c(c(-c3cocn3)c1)CC(NC(C1CC1)C1CC1)CC2. The first-order valence-corrected chi connectivity index (χ1v) is 9.14. The number of fused-ring (bicyclic) bond motifs is 1. The average molecular weight is 308 g/mol. The number of aryl methyl sites for hydroxylation is 1. The molecule has 1 heterocycles. The third kappa shape index (κ3) is 2.72. The molecule has 2 aromatic rings. The molecular formula is C20H24N2O. The van der Waals surface area contributed by atoms with Gasteiger partial charge in [0.05, 0.1) is 0 Å². The molecular weight excluding hydrogens is 284 g/mol. The molecule has 1 atom stereocenters. The molecule has 1 aromatic heterocycles. The number of aromatic nitrogens is 1. The fourth-order valence-corrected chi connectivity index (χ4v) is 4.36. The van der Waals surface area contributed by atoms with Gasteiger partial charge in [0.15, 0.2) is 6.39 Å². The lowest BCUT2D eigenvalue weighted by Gasteiger charge is -2.31. The van der Waals surface area contributed by atoms with Crippen LogP contribution in [0.1, 0.15) is 43.2 Å². The minimum Gasteiger partial charge on any atom is -0.451 e. The van der Waals surface area contributed by atoms with Crippen LogP contribution in [0.2, 0.25) is 0 Å². The summed E-state index contributed by atoms with van der Waals surface area (Å²) < 4.78 is 5.20. The lowest BCUT2D eigenvalue weighted by Crippen LogP contribution is -2.44. The van der Waals surface area contributed by atoms with Crippen molar-refractivity contribution in [2.45, 2.75) is 57.0 Å². The molecule has 0 radical (unpaired) electrons. The van der Waals surface area contributed by atoms with Crippen molar-refractivity contribution in [3.8, 4) is 11.3 Å². The Balaban J connectivity index is 1.39. The minimum absolute atomic E-state index is 0.627. The Kier molecular flexibility index (Phi) is 3.29. The van der Waals surface area contributed by atoms with Crippen LogP contribution in [0.4, 0.5) is 0 Å². The molecule has 0 amide bonds. The number of nitrogens with one attached hydrogen (secondary N) is 1. The van der Waals surface area contributed by atoms with Crippen LogP contribution in [0.3, 0.4) is 0 Å². The van der Waals surface area contributed by atoms with Gasteiger partial charge < -0.3 is 9.73 Å². The normalized spacial score (nSPS) is 24.0. The van der Waals surface area contributed by atoms with Gasteiger partial charge >= 0.3 is 0 Å². The van der Waals surface area contributed by atoms with Gasteiger partial charge in [0, 0.05) is 17.6 Å². The zero-order valence-electron chi connectivity index (χ0n) is 13.5. The maximum atomic E-state index is 5.20. The first-order chi connectivity index (χ1) is 11.4. The van der Waals surface area contributed by atoms with Gasteiger partial charge in [-0.25, -0.2) is 4.98 Å². The molecule has 3 aliphatic carbocycles. The fourth-order valence-electron chi connectivity index (χ4n) is 4.36. The van der Waals surface area contributed by atoms with Crippen LogP contribution in [0, 0.1) is 11.8 Å². The van der Waals surface area contributed by atoms with Crippen molar-refractivity contribution < 1.29 is 4.42 Å². The number of hydrogen-bond donors (Lipinski definition) is 1. The Morgan fingerprint density at radius 3 is 2.61 bits per heavy atom. The van der Waals surface area contributed by atoms with Crippen molar-refractivity contribution >= 4 is 0 Å². The lowest BCUT2D eigenvalue weighted by atomic mass is 9.84. The number of benzene rings is 1. The smallest absolute Gasteiger partial charge is 0.181 e. The molecule has 1 N–H and O–H groups in total. The van der Waals surface area contributed by atoms with E-state index in [4.69, 9.17) is 4.42 Å². The topological polar surface area (TPSA) is 38.1 Å². The zero-order valence-corrected chi connectivity index (χ0v) is 13.5. The summed E-state index contributed by atoms with van der Waals surface area (Å²) in [5, 5.41) is 4.05. The highest BCUT2D eigenvalue weighted by atomic mass is 16.3. The first-order valence-electron chi connectivity index (χ1n) is 9.14. The Morgan fingerprint density at radius 1 is 1.09 bits per heavy atom. The molecule has 1 aromatic carbocycles. The lowest BCUT2D eigenvalue weighted by molar-refractivity contribution is 0.339. The molecule has 23 heavy (non-hydrogen) atoms. The van der Waals surface area contributed by atoms with E-state index in [9.17, 15) is 0 Å². The van der Waals surface area contributed by atoms with Gasteiger partial charge in [0.1, 0.15) is 12.0 Å². The third-order valence-corrected chi connectivity index (χ3v) is 5.88. The summed E-state index contributed by atoms with van der Waals surface area (Å²) in [5.74, 6) is 1.93. The van der Waals surface area contributed by atoms with Crippen LogP contribution in [0.15, 0.2) is 35.3 Å². The standard InChI is InChI=1S/C20H24N2O/c1-2-13-8-9-16(22-20(14-4-5-14)15-6-7-15)10-18(13)17(3-1)19-11-23-12-21-19/h1-3,11-12,14-16,20,22H,4-10H2. The van der Waals surface area contributed by atoms with Crippen LogP contribution in [0.25, 0.3) is 11.3 Å². The van der Waals surface area contributed by atoms with E-state index in [0.29, 0.717) is 6.04 Å². The van der Waals surface area contributed by atoms with E-state index >= 15 is 0 Å². The zero-order chi connectivity index (χ0) is 15.2. The van der Waals surface area contributed by atoms with Gasteiger partial charge in [-0.05, 0) is 67.9 Å². The van der Waals surface area contributed by atoms with Gasteiger partial charge in [-0.1, -0.05) is 18.2 Å². The molecule has 3 nitrogen and oxygen atoms in total. The number of rotatable bonds is 5. The van der Waals surface area contributed by atoms with Crippen LogP contribution in [-0.2, 0) is 12.8 Å². The monoisotopic (exact) mass is 308 g/mol. The Morgan fingerprint density at radius 2 is 1.91 bits per heavy atom. The van der Waals surface area contributed by atoms with Crippen molar-refractivity contribution in [3.63, 3.8) is 0 Å². The quantitative estimate of drug-likeness (QED) is 0.908. The molecule has 5 rings (SSSR count). The second kappa shape index (κ2) is 5.48. The molecule has 0 spiro atoms. The van der Waals surface area contributed by atoms with E-state index in [1.807, 2.05) is 0 Å². The van der Waals surface area contributed by atoms with Crippen LogP contribution < -0.4 is 5.32 Å². The summed E-state index contributed by atoms with van der Waals surface area (Å²) >= 11 is 0. The van der Waals surface area contributed by atoms with Crippen molar-refractivity contribution in [2.24, 2.45) is 11.8 Å². The largest absolute Gasteiger partial charge is 0.451 e. The third-order valence-electron chi connectivity index (χ3n) is 5.88. The predicted molar refractivity (Wildman–Crippen MR) is 90.1 cm³/mol. The summed E-state index contributed by atoms with van der Waals surface area (Å²) in [5.41, 5.74) is 5.22. The molecule has 120 valence electrons. The molecule has 1 unspecified atom stereocenters. The van der Waals surface area contributed by atoms with E-state index in [2.05, 4.69) is 28.5 Å². The van der Waals surface area contributed by atoms with E-state index < -0.39 is 0 Å². The van der Waals surface area contributed by atoms with Gasteiger partial charge in [-0.3, -0.25) is 0 Å². The first kappa shape index (κ1) is 13.8. The highest BCUT2D eigenvalue weighted by Gasteiger charge is 2.42. The van der Waals surface area contributed by atoms with Gasteiger partial charge in [0.25, 0.3) is 0 Å². The molecule has 0 bridgehead atoms. The molecule has 3 aliphatic rings. The second-order valence-corrected chi connectivity index (χ2v) is 7.62. The van der Waals surface area contributed by atoms with E-state index in [0.717, 1.165) is 30.0 Å². The highest BCUT2D eigenvalue weighted by molar-refractivity contribution is 5.65. The number of nitrogens with zero attached hydrogens (tertiary/aromatic N) is 1. The van der Waals surface area contributed by atoms with E-state index in [1.165, 1.54) is 61.6 Å². The van der Waals surface area contributed by atoms with Crippen LogP contribution in [0.5, 0.6) is 0 Å². The predicted octanol–water partition coefficient (Wildman–Crippen LogP) is 3.98. The van der Waals surface area contributed by atoms with Gasteiger partial charge in [0.2, 0.25) is 0 Å². The van der Waals surface area contributed by atoms with E-state index in [1.54, 1.807) is 6.26 Å². The second-order valence-electron chi connectivity index (χ2n) is 7.62. The van der Waals surface area contributed by atoms with Crippen LogP contribution >= 0.6 is 0 Å². The summed E-state index contributed by atoms with van der Waals surface area (Å²) in [6, 6.07) is 8.06. The van der Waals surface area contributed by atoms with Gasteiger partial charge in [-0.2, -0.15) is 0 Å². The summed E-state index contributed by atoms with van der Waals surface area (Å²) in [7, 11) is 0.